The van der Waals surface area contributed by atoms with Crippen molar-refractivity contribution < 1.29 is 9.53 Å². The highest BCUT2D eigenvalue weighted by Gasteiger charge is 2.20. The number of benzene rings is 2. The molecule has 0 aromatic heterocycles. The summed E-state index contributed by atoms with van der Waals surface area (Å²) in [4.78, 5) is 12.4. The van der Waals surface area contributed by atoms with Crippen LogP contribution in [0.1, 0.15) is 18.1 Å². The minimum Gasteiger partial charge on any atom is -0.496 e. The highest BCUT2D eigenvalue weighted by molar-refractivity contribution is 5.95. The number of hydrogen-bond acceptors (Lipinski definition) is 3. The van der Waals surface area contributed by atoms with Crippen LogP contribution in [-0.4, -0.2) is 13.0 Å². The molecule has 0 heterocycles. The van der Waals surface area contributed by atoms with Gasteiger partial charge in [-0.05, 0) is 29.7 Å². The lowest BCUT2D eigenvalue weighted by atomic mass is 9.98. The molecule has 23 heavy (non-hydrogen) atoms. The first-order chi connectivity index (χ1) is 11.2. The van der Waals surface area contributed by atoms with Gasteiger partial charge in [-0.2, -0.15) is 5.26 Å². The van der Waals surface area contributed by atoms with Crippen LogP contribution in [0, 0.1) is 17.2 Å². The molecule has 0 spiro atoms. The number of anilines is 1. The van der Waals surface area contributed by atoms with E-state index >= 15 is 0 Å². The summed E-state index contributed by atoms with van der Waals surface area (Å²) in [6.07, 6.45) is 1.14. The van der Waals surface area contributed by atoms with E-state index in [2.05, 4.69) is 11.4 Å². The van der Waals surface area contributed by atoms with Crippen molar-refractivity contribution in [2.24, 2.45) is 5.92 Å². The largest absolute Gasteiger partial charge is 0.496 e. The number of carbonyl (C=O) groups is 1. The van der Waals surface area contributed by atoms with Crippen LogP contribution in [0.2, 0.25) is 0 Å². The lowest BCUT2D eigenvalue weighted by molar-refractivity contribution is -0.118. The van der Waals surface area contributed by atoms with Crippen LogP contribution >= 0.6 is 0 Å². The number of hydrogen-bond donors (Lipinski definition) is 1. The van der Waals surface area contributed by atoms with E-state index in [9.17, 15) is 10.1 Å². The fourth-order valence-corrected chi connectivity index (χ4v) is 2.46. The molecule has 0 fully saturated rings. The molecule has 0 bridgehead atoms. The van der Waals surface area contributed by atoms with E-state index in [0.717, 1.165) is 23.2 Å². The molecule has 1 N–H and O–H groups in total. The Balaban J connectivity index is 2.14. The average Bonchev–Trinajstić information content (AvgIpc) is 2.60. The molecule has 0 aliphatic rings. The van der Waals surface area contributed by atoms with Crippen molar-refractivity contribution in [1.82, 2.24) is 0 Å². The third-order valence-electron chi connectivity index (χ3n) is 3.75. The van der Waals surface area contributed by atoms with Crippen molar-refractivity contribution in [1.29, 1.82) is 5.26 Å². The second-order valence-corrected chi connectivity index (χ2v) is 5.20. The van der Waals surface area contributed by atoms with Crippen LogP contribution in [0.5, 0.6) is 5.75 Å². The zero-order chi connectivity index (χ0) is 16.7. The van der Waals surface area contributed by atoms with Crippen molar-refractivity contribution >= 4 is 11.6 Å². The Morgan fingerprint density at radius 3 is 2.48 bits per heavy atom. The molecule has 2 aromatic carbocycles. The molecule has 1 atom stereocenters. The second-order valence-electron chi connectivity index (χ2n) is 5.20. The molecular formula is C19H20N2O2. The topological polar surface area (TPSA) is 62.1 Å². The van der Waals surface area contributed by atoms with Crippen molar-refractivity contribution in [3.63, 3.8) is 0 Å². The molecule has 118 valence electrons. The zero-order valence-electron chi connectivity index (χ0n) is 13.4. The number of nitrogens with zero attached hydrogens (tertiary/aromatic N) is 1. The average molecular weight is 308 g/mol. The first-order valence-electron chi connectivity index (χ1n) is 7.59. The molecule has 0 radical (unpaired) electrons. The standard InChI is InChI=1S/C19H20N2O2/c1-3-14-8-4-6-10-17(14)21-19(22)16(13-20)12-15-9-5-7-11-18(15)23-2/h4-11,16H,3,12H2,1-2H3,(H,21,22). The number of para-hydroxylation sites is 2. The fraction of sp³-hybridized carbons (Fsp3) is 0.263. The fourth-order valence-electron chi connectivity index (χ4n) is 2.46. The number of amides is 1. The van der Waals surface area contributed by atoms with Gasteiger partial charge in [-0.1, -0.05) is 43.3 Å². The molecule has 1 unspecified atom stereocenters. The van der Waals surface area contributed by atoms with Gasteiger partial charge in [0.15, 0.2) is 0 Å². The van der Waals surface area contributed by atoms with E-state index in [1.807, 2.05) is 55.5 Å². The van der Waals surface area contributed by atoms with Crippen molar-refractivity contribution in [2.45, 2.75) is 19.8 Å². The van der Waals surface area contributed by atoms with E-state index in [1.165, 1.54) is 0 Å². The Hall–Kier alpha value is -2.80. The van der Waals surface area contributed by atoms with E-state index in [4.69, 9.17) is 4.74 Å². The van der Waals surface area contributed by atoms with Crippen molar-refractivity contribution in [3.05, 3.63) is 59.7 Å². The summed E-state index contributed by atoms with van der Waals surface area (Å²) in [6.45, 7) is 2.03. The van der Waals surface area contributed by atoms with Crippen molar-refractivity contribution in [3.8, 4) is 11.8 Å². The Kier molecular flexibility index (Phi) is 5.76. The zero-order valence-corrected chi connectivity index (χ0v) is 13.4. The Morgan fingerprint density at radius 1 is 1.17 bits per heavy atom. The number of aryl methyl sites for hydroxylation is 1. The van der Waals surface area contributed by atoms with Gasteiger partial charge in [-0.3, -0.25) is 4.79 Å². The summed E-state index contributed by atoms with van der Waals surface area (Å²) >= 11 is 0. The van der Waals surface area contributed by atoms with Gasteiger partial charge in [0, 0.05) is 12.1 Å². The molecule has 4 nitrogen and oxygen atoms in total. The monoisotopic (exact) mass is 308 g/mol. The summed E-state index contributed by atoms with van der Waals surface area (Å²) in [5.41, 5.74) is 2.66. The molecule has 0 aliphatic heterocycles. The lowest BCUT2D eigenvalue weighted by Crippen LogP contribution is -2.24. The van der Waals surface area contributed by atoms with Crippen LogP contribution in [0.15, 0.2) is 48.5 Å². The molecule has 0 saturated carbocycles. The predicted molar refractivity (Wildman–Crippen MR) is 90.3 cm³/mol. The highest BCUT2D eigenvalue weighted by Crippen LogP contribution is 2.22. The van der Waals surface area contributed by atoms with Gasteiger partial charge in [-0.15, -0.1) is 0 Å². The Labute approximate surface area is 136 Å². The van der Waals surface area contributed by atoms with Crippen LogP contribution in [-0.2, 0) is 17.6 Å². The summed E-state index contributed by atoms with van der Waals surface area (Å²) in [6, 6.07) is 17.2. The molecule has 2 rings (SSSR count). The number of ether oxygens (including phenoxy) is 1. The van der Waals surface area contributed by atoms with Crippen LogP contribution < -0.4 is 10.1 Å². The predicted octanol–water partition coefficient (Wildman–Crippen LogP) is 3.58. The summed E-state index contributed by atoms with van der Waals surface area (Å²) < 4.78 is 5.28. The maximum absolute atomic E-state index is 12.4. The first kappa shape index (κ1) is 16.6. The Bertz CT molecular complexity index is 719. The maximum atomic E-state index is 12.4. The molecular weight excluding hydrogens is 288 g/mol. The lowest BCUT2D eigenvalue weighted by Gasteiger charge is -2.14. The normalized spacial score (nSPS) is 11.3. The van der Waals surface area contributed by atoms with Gasteiger partial charge in [0.1, 0.15) is 11.7 Å². The minimum absolute atomic E-state index is 0.292. The highest BCUT2D eigenvalue weighted by atomic mass is 16.5. The minimum atomic E-state index is -0.767. The van der Waals surface area contributed by atoms with Gasteiger partial charge >= 0.3 is 0 Å². The van der Waals surface area contributed by atoms with Gasteiger partial charge in [0.05, 0.1) is 13.2 Å². The smallest absolute Gasteiger partial charge is 0.242 e. The number of carbonyl (C=O) groups excluding carboxylic acids is 1. The number of methoxy groups -OCH3 is 1. The maximum Gasteiger partial charge on any atom is 0.242 e. The third kappa shape index (κ3) is 4.10. The van der Waals surface area contributed by atoms with E-state index in [0.29, 0.717) is 12.2 Å². The number of nitriles is 1. The summed E-state index contributed by atoms with van der Waals surface area (Å²) in [7, 11) is 1.58. The molecule has 2 aromatic rings. The van der Waals surface area contributed by atoms with Crippen molar-refractivity contribution in [2.75, 3.05) is 12.4 Å². The van der Waals surface area contributed by atoms with E-state index < -0.39 is 5.92 Å². The first-order valence-corrected chi connectivity index (χ1v) is 7.59. The number of rotatable bonds is 6. The third-order valence-corrected chi connectivity index (χ3v) is 3.75. The molecule has 0 saturated heterocycles. The second kappa shape index (κ2) is 8.00. The van der Waals surface area contributed by atoms with E-state index in [-0.39, 0.29) is 5.91 Å². The molecule has 0 aliphatic carbocycles. The van der Waals surface area contributed by atoms with Crippen LogP contribution in [0.4, 0.5) is 5.69 Å². The van der Waals surface area contributed by atoms with Gasteiger partial charge < -0.3 is 10.1 Å². The number of nitrogens with one attached hydrogen (secondary N) is 1. The van der Waals surface area contributed by atoms with E-state index in [1.54, 1.807) is 7.11 Å². The van der Waals surface area contributed by atoms with Gasteiger partial charge in [0.25, 0.3) is 0 Å². The van der Waals surface area contributed by atoms with Gasteiger partial charge in [-0.25, -0.2) is 0 Å². The van der Waals surface area contributed by atoms with Crippen LogP contribution in [0.25, 0.3) is 0 Å². The molecule has 4 heteroatoms. The summed E-state index contributed by atoms with van der Waals surface area (Å²) in [5.74, 6) is -0.370. The SMILES string of the molecule is CCc1ccccc1NC(=O)C(C#N)Cc1ccccc1OC. The molecule has 1 amide bonds. The Morgan fingerprint density at radius 2 is 1.83 bits per heavy atom. The van der Waals surface area contributed by atoms with Crippen LogP contribution in [0.3, 0.4) is 0 Å². The quantitative estimate of drug-likeness (QED) is 0.887. The van der Waals surface area contributed by atoms with Gasteiger partial charge in [0.2, 0.25) is 5.91 Å². The summed E-state index contributed by atoms with van der Waals surface area (Å²) in [5, 5.41) is 12.2.